The monoisotopic (exact) mass is 347 g/mol. The van der Waals surface area contributed by atoms with Crippen LogP contribution in [0.25, 0.3) is 0 Å². The van der Waals surface area contributed by atoms with E-state index in [9.17, 15) is 9.59 Å². The Hall–Kier alpha value is -1.11. The molecule has 0 saturated heterocycles. The van der Waals surface area contributed by atoms with Gasteiger partial charge in [-0.05, 0) is 53.8 Å². The summed E-state index contributed by atoms with van der Waals surface area (Å²) in [5.41, 5.74) is 0.567. The first-order valence-electron chi connectivity index (χ1n) is 5.21. The predicted octanol–water partition coefficient (Wildman–Crippen LogP) is 1.93. The Balaban J connectivity index is 2.63. The summed E-state index contributed by atoms with van der Waals surface area (Å²) in [7, 11) is 1.58. The lowest BCUT2D eigenvalue weighted by atomic mass is 10.2. The molecular weight excluding hydrogens is 333 g/mol. The van der Waals surface area contributed by atoms with Crippen LogP contribution in [-0.2, 0) is 9.53 Å². The molecule has 0 bridgehead atoms. The van der Waals surface area contributed by atoms with Gasteiger partial charge in [-0.15, -0.1) is 0 Å². The fourth-order valence-corrected chi connectivity index (χ4v) is 1.64. The summed E-state index contributed by atoms with van der Waals surface area (Å²) in [5.74, 6) is -0.580. The summed E-state index contributed by atoms with van der Waals surface area (Å²) in [5, 5.41) is 0. The molecule has 0 heterocycles. The predicted molar refractivity (Wildman–Crippen MR) is 72.8 cm³/mol. The average Bonchev–Trinajstić information content (AvgIpc) is 2.29. The van der Waals surface area contributed by atoms with Crippen LogP contribution in [0.3, 0.4) is 0 Å². The fourth-order valence-electron chi connectivity index (χ4n) is 1.28. The SMILES string of the molecule is CCOC(=O)CN(C)C(=O)c1ccc(I)cc1. The van der Waals surface area contributed by atoms with Crippen molar-refractivity contribution < 1.29 is 14.3 Å². The van der Waals surface area contributed by atoms with E-state index in [2.05, 4.69) is 22.6 Å². The van der Waals surface area contributed by atoms with Crippen molar-refractivity contribution in [3.63, 3.8) is 0 Å². The molecule has 0 fully saturated rings. The summed E-state index contributed by atoms with van der Waals surface area (Å²) in [6.07, 6.45) is 0. The highest BCUT2D eigenvalue weighted by molar-refractivity contribution is 14.1. The standard InChI is InChI=1S/C12H14INO3/c1-3-17-11(15)8-14(2)12(16)9-4-6-10(13)7-5-9/h4-7H,3,8H2,1-2H3. The zero-order valence-corrected chi connectivity index (χ0v) is 11.9. The summed E-state index contributed by atoms with van der Waals surface area (Å²) >= 11 is 2.17. The number of carbonyl (C=O) groups is 2. The molecule has 1 rings (SSSR count). The largest absolute Gasteiger partial charge is 0.465 e. The highest BCUT2D eigenvalue weighted by Crippen LogP contribution is 2.08. The molecule has 1 aromatic rings. The van der Waals surface area contributed by atoms with Crippen molar-refractivity contribution in [2.24, 2.45) is 0 Å². The fraction of sp³-hybridized carbons (Fsp3) is 0.333. The molecule has 0 aliphatic rings. The van der Waals surface area contributed by atoms with Gasteiger partial charge in [0.1, 0.15) is 6.54 Å². The number of halogens is 1. The molecule has 4 nitrogen and oxygen atoms in total. The Labute approximate surface area is 114 Å². The van der Waals surface area contributed by atoms with Crippen LogP contribution in [0.5, 0.6) is 0 Å². The lowest BCUT2D eigenvalue weighted by Gasteiger charge is -2.16. The molecule has 0 aliphatic heterocycles. The normalized spacial score (nSPS) is 9.82. The maximum absolute atomic E-state index is 11.9. The molecular formula is C12H14INO3. The molecule has 0 atom stereocenters. The van der Waals surface area contributed by atoms with E-state index in [-0.39, 0.29) is 12.5 Å². The number of likely N-dealkylation sites (N-methyl/N-ethyl adjacent to an activating group) is 1. The molecule has 1 aromatic carbocycles. The highest BCUT2D eigenvalue weighted by Gasteiger charge is 2.15. The lowest BCUT2D eigenvalue weighted by Crippen LogP contribution is -2.33. The van der Waals surface area contributed by atoms with Gasteiger partial charge in [-0.25, -0.2) is 0 Å². The number of rotatable bonds is 4. The maximum Gasteiger partial charge on any atom is 0.325 e. The van der Waals surface area contributed by atoms with Gasteiger partial charge in [-0.1, -0.05) is 0 Å². The minimum Gasteiger partial charge on any atom is -0.465 e. The van der Waals surface area contributed by atoms with Gasteiger partial charge >= 0.3 is 5.97 Å². The molecule has 17 heavy (non-hydrogen) atoms. The highest BCUT2D eigenvalue weighted by atomic mass is 127. The maximum atomic E-state index is 11.9. The van der Waals surface area contributed by atoms with E-state index in [1.807, 2.05) is 12.1 Å². The van der Waals surface area contributed by atoms with Gasteiger partial charge in [0.05, 0.1) is 6.61 Å². The number of hydrogen-bond donors (Lipinski definition) is 0. The van der Waals surface area contributed by atoms with Crippen LogP contribution in [0, 0.1) is 3.57 Å². The number of esters is 1. The van der Waals surface area contributed by atoms with Crippen molar-refractivity contribution in [3.05, 3.63) is 33.4 Å². The Bertz CT molecular complexity index is 403. The van der Waals surface area contributed by atoms with Crippen molar-refractivity contribution >= 4 is 34.5 Å². The average molecular weight is 347 g/mol. The number of hydrogen-bond acceptors (Lipinski definition) is 3. The van der Waals surface area contributed by atoms with Gasteiger partial charge in [0.2, 0.25) is 0 Å². The lowest BCUT2D eigenvalue weighted by molar-refractivity contribution is -0.143. The van der Waals surface area contributed by atoms with Gasteiger partial charge < -0.3 is 9.64 Å². The van der Waals surface area contributed by atoms with Gasteiger partial charge in [-0.3, -0.25) is 9.59 Å². The molecule has 0 spiro atoms. The third-order valence-corrected chi connectivity index (χ3v) is 2.83. The zero-order chi connectivity index (χ0) is 12.8. The number of ether oxygens (including phenoxy) is 1. The first kappa shape index (κ1) is 14.0. The molecule has 0 unspecified atom stereocenters. The van der Waals surface area contributed by atoms with E-state index in [4.69, 9.17) is 4.74 Å². The molecule has 0 saturated carbocycles. The van der Waals surface area contributed by atoms with E-state index in [1.54, 1.807) is 26.1 Å². The van der Waals surface area contributed by atoms with Crippen molar-refractivity contribution in [2.45, 2.75) is 6.92 Å². The molecule has 5 heteroatoms. The van der Waals surface area contributed by atoms with Crippen molar-refractivity contribution in [1.82, 2.24) is 4.90 Å². The van der Waals surface area contributed by atoms with Gasteiger partial charge in [-0.2, -0.15) is 0 Å². The first-order valence-corrected chi connectivity index (χ1v) is 6.29. The van der Waals surface area contributed by atoms with Crippen LogP contribution < -0.4 is 0 Å². The molecule has 0 N–H and O–H groups in total. The van der Waals surface area contributed by atoms with Gasteiger partial charge in [0, 0.05) is 16.2 Å². The third-order valence-electron chi connectivity index (χ3n) is 2.11. The number of nitrogens with zero attached hydrogens (tertiary/aromatic N) is 1. The topological polar surface area (TPSA) is 46.6 Å². The molecule has 92 valence electrons. The first-order chi connectivity index (χ1) is 8.04. The van der Waals surface area contributed by atoms with E-state index in [1.165, 1.54) is 4.90 Å². The second-order valence-corrected chi connectivity index (χ2v) is 4.72. The van der Waals surface area contributed by atoms with Crippen LogP contribution in [0.15, 0.2) is 24.3 Å². The van der Waals surface area contributed by atoms with Crippen molar-refractivity contribution in [1.29, 1.82) is 0 Å². The molecule has 0 radical (unpaired) electrons. The van der Waals surface area contributed by atoms with E-state index in [0.29, 0.717) is 12.2 Å². The summed E-state index contributed by atoms with van der Waals surface area (Å²) in [6.45, 7) is 2.03. The Morgan fingerprint density at radius 1 is 1.29 bits per heavy atom. The number of benzene rings is 1. The van der Waals surface area contributed by atoms with E-state index >= 15 is 0 Å². The Kier molecular flexibility index (Phi) is 5.40. The number of carbonyl (C=O) groups excluding carboxylic acids is 2. The number of amides is 1. The second-order valence-electron chi connectivity index (χ2n) is 3.47. The smallest absolute Gasteiger partial charge is 0.325 e. The molecule has 0 aromatic heterocycles. The van der Waals surface area contributed by atoms with Gasteiger partial charge in [0.15, 0.2) is 0 Å². The van der Waals surface area contributed by atoms with E-state index in [0.717, 1.165) is 3.57 Å². The second kappa shape index (κ2) is 6.58. The Morgan fingerprint density at radius 3 is 2.41 bits per heavy atom. The summed E-state index contributed by atoms with van der Waals surface area (Å²) in [4.78, 5) is 24.5. The molecule has 1 amide bonds. The summed E-state index contributed by atoms with van der Waals surface area (Å²) in [6, 6.07) is 7.19. The van der Waals surface area contributed by atoms with Crippen LogP contribution in [0.2, 0.25) is 0 Å². The van der Waals surface area contributed by atoms with Crippen LogP contribution in [0.1, 0.15) is 17.3 Å². The third kappa shape index (κ3) is 4.33. The van der Waals surface area contributed by atoms with Crippen molar-refractivity contribution in [2.75, 3.05) is 20.2 Å². The van der Waals surface area contributed by atoms with Crippen LogP contribution in [-0.4, -0.2) is 37.0 Å². The van der Waals surface area contributed by atoms with Crippen LogP contribution >= 0.6 is 22.6 Å². The Morgan fingerprint density at radius 2 is 1.88 bits per heavy atom. The minimum absolute atomic E-state index is 0.0291. The van der Waals surface area contributed by atoms with E-state index < -0.39 is 5.97 Å². The molecule has 0 aliphatic carbocycles. The zero-order valence-electron chi connectivity index (χ0n) is 9.77. The summed E-state index contributed by atoms with van der Waals surface area (Å²) < 4.78 is 5.85. The van der Waals surface area contributed by atoms with Crippen LogP contribution in [0.4, 0.5) is 0 Å². The quantitative estimate of drug-likeness (QED) is 0.618. The van der Waals surface area contributed by atoms with Crippen molar-refractivity contribution in [3.8, 4) is 0 Å². The van der Waals surface area contributed by atoms with Gasteiger partial charge in [0.25, 0.3) is 5.91 Å². The minimum atomic E-state index is -0.395.